The summed E-state index contributed by atoms with van der Waals surface area (Å²) in [7, 11) is 0. The monoisotopic (exact) mass is 547 g/mol. The Hall–Kier alpha value is -3.47. The van der Waals surface area contributed by atoms with Gasteiger partial charge in [0.15, 0.2) is 0 Å². The van der Waals surface area contributed by atoms with Crippen molar-refractivity contribution in [3.8, 4) is 0 Å². The summed E-state index contributed by atoms with van der Waals surface area (Å²) in [6, 6.07) is 20.2. The lowest BCUT2D eigenvalue weighted by atomic mass is 9.87. The maximum absolute atomic E-state index is 13.7. The van der Waals surface area contributed by atoms with E-state index < -0.39 is 17.1 Å². The van der Waals surface area contributed by atoms with Crippen LogP contribution in [0.15, 0.2) is 81.9 Å². The van der Waals surface area contributed by atoms with Crippen molar-refractivity contribution in [2.45, 2.75) is 29.7 Å². The molecule has 1 fully saturated rings. The first-order valence-corrected chi connectivity index (χ1v) is 14.2. The third-order valence-electron chi connectivity index (χ3n) is 6.52. The fourth-order valence-corrected chi connectivity index (χ4v) is 8.65. The zero-order chi connectivity index (χ0) is 25.7. The quantitative estimate of drug-likeness (QED) is 0.366. The van der Waals surface area contributed by atoms with Gasteiger partial charge in [-0.25, -0.2) is 4.90 Å². The van der Waals surface area contributed by atoms with Crippen molar-refractivity contribution in [3.05, 3.63) is 97.1 Å². The Morgan fingerprint density at radius 2 is 1.78 bits per heavy atom. The number of fused-ring (bicyclic) bond motifs is 2. The van der Waals surface area contributed by atoms with Crippen LogP contribution in [-0.4, -0.2) is 27.5 Å². The number of thioether (sulfide) groups is 1. The molecular formula is C27H21N3O4S3. The smallest absolute Gasteiger partial charge is 0.308 e. The lowest BCUT2D eigenvalue weighted by Gasteiger charge is -2.29. The summed E-state index contributed by atoms with van der Waals surface area (Å²) >= 11 is 3.78. The molecule has 4 heterocycles. The van der Waals surface area contributed by atoms with E-state index >= 15 is 0 Å². The van der Waals surface area contributed by atoms with E-state index in [9.17, 15) is 19.2 Å². The molecule has 0 saturated carbocycles. The first-order chi connectivity index (χ1) is 17.9. The summed E-state index contributed by atoms with van der Waals surface area (Å²) < 4.78 is 1.44. The van der Waals surface area contributed by atoms with Crippen molar-refractivity contribution in [1.29, 1.82) is 0 Å². The van der Waals surface area contributed by atoms with Crippen LogP contribution in [0.3, 0.4) is 0 Å². The molecule has 6 rings (SSSR count). The summed E-state index contributed by atoms with van der Waals surface area (Å²) in [4.78, 5) is 56.0. The van der Waals surface area contributed by atoms with Gasteiger partial charge in [-0.05, 0) is 48.2 Å². The van der Waals surface area contributed by atoms with Gasteiger partial charge < -0.3 is 5.32 Å². The summed E-state index contributed by atoms with van der Waals surface area (Å²) in [5, 5.41) is 4.68. The van der Waals surface area contributed by atoms with Crippen LogP contribution in [0.4, 0.5) is 11.4 Å². The zero-order valence-electron chi connectivity index (χ0n) is 19.6. The van der Waals surface area contributed by atoms with Crippen LogP contribution >= 0.6 is 34.4 Å². The number of rotatable bonds is 5. The maximum Gasteiger partial charge on any atom is 0.308 e. The second-order valence-electron chi connectivity index (χ2n) is 8.95. The molecule has 0 radical (unpaired) electrons. The summed E-state index contributed by atoms with van der Waals surface area (Å²) in [5.41, 5.74) is 2.20. The zero-order valence-corrected chi connectivity index (χ0v) is 22.1. The van der Waals surface area contributed by atoms with Crippen molar-refractivity contribution >= 4 is 63.5 Å². The van der Waals surface area contributed by atoms with Crippen LogP contribution in [0, 0.1) is 12.8 Å². The number of nitrogens with zero attached hydrogens (tertiary/aromatic N) is 2. The molecular weight excluding hydrogens is 527 g/mol. The molecule has 0 spiro atoms. The number of thiophene rings is 1. The highest BCUT2D eigenvalue weighted by molar-refractivity contribution is 8.00. The van der Waals surface area contributed by atoms with Crippen LogP contribution < -0.4 is 15.1 Å². The predicted octanol–water partition coefficient (Wildman–Crippen LogP) is 4.71. The molecule has 1 N–H and O–H groups in total. The SMILES string of the molecule is Cc1cccc(NC(=O)Cn2c3c(sc2=O)[C@@H](c2cccs2)[C@@H]2C(=O)N(c4ccccc4)C(=O)[C@@H]2S3)c1. The number of benzene rings is 2. The Bertz CT molecular complexity index is 1580. The number of imide groups is 1. The van der Waals surface area contributed by atoms with Gasteiger partial charge in [0, 0.05) is 21.4 Å². The number of nitrogens with one attached hydrogen (secondary N) is 1. The Kier molecular flexibility index (Phi) is 6.10. The molecule has 0 aliphatic carbocycles. The molecule has 3 amide bonds. The highest BCUT2D eigenvalue weighted by Crippen LogP contribution is 2.54. The average Bonchev–Trinajstić information content (AvgIpc) is 3.57. The Morgan fingerprint density at radius 1 is 0.973 bits per heavy atom. The minimum absolute atomic E-state index is 0.176. The topological polar surface area (TPSA) is 88.5 Å². The number of carbonyl (C=O) groups excluding carboxylic acids is 3. The van der Waals surface area contributed by atoms with E-state index in [1.54, 1.807) is 30.3 Å². The number of thiazole rings is 1. The van der Waals surface area contributed by atoms with Gasteiger partial charge in [0.1, 0.15) is 11.8 Å². The molecule has 0 unspecified atom stereocenters. The number of hydrogen-bond donors (Lipinski definition) is 1. The van der Waals surface area contributed by atoms with Gasteiger partial charge in [-0.1, -0.05) is 59.5 Å². The van der Waals surface area contributed by atoms with Gasteiger partial charge in [0.05, 0.1) is 16.6 Å². The summed E-state index contributed by atoms with van der Waals surface area (Å²) in [6.07, 6.45) is 0. The predicted molar refractivity (Wildman–Crippen MR) is 147 cm³/mol. The Balaban J connectivity index is 1.39. The summed E-state index contributed by atoms with van der Waals surface area (Å²) in [5.74, 6) is -1.94. The third kappa shape index (κ3) is 4.14. The van der Waals surface area contributed by atoms with Crippen molar-refractivity contribution in [3.63, 3.8) is 0 Å². The van der Waals surface area contributed by atoms with Crippen molar-refractivity contribution in [2.24, 2.45) is 5.92 Å². The van der Waals surface area contributed by atoms with Gasteiger partial charge >= 0.3 is 4.87 Å². The number of carbonyl (C=O) groups is 3. The van der Waals surface area contributed by atoms with E-state index in [-0.39, 0.29) is 29.1 Å². The van der Waals surface area contributed by atoms with E-state index in [0.29, 0.717) is 16.4 Å². The molecule has 0 bridgehead atoms. The van der Waals surface area contributed by atoms with Gasteiger partial charge in [-0.15, -0.1) is 11.3 Å². The number of para-hydroxylation sites is 1. The minimum Gasteiger partial charge on any atom is -0.325 e. The lowest BCUT2D eigenvalue weighted by molar-refractivity contribution is -0.122. The van der Waals surface area contributed by atoms with Crippen LogP contribution in [0.1, 0.15) is 21.2 Å². The van der Waals surface area contributed by atoms with E-state index in [1.165, 1.54) is 32.6 Å². The standard InChI is InChI=1S/C27H21N3O4S3/c1-15-7-5-8-16(13-15)28-19(31)14-29-26-23(37-27(29)34)20(18-11-6-12-35-18)21-22(36-26)25(33)30(24(21)32)17-9-3-2-4-10-17/h2-13,20-22H,14H2,1H3,(H,28,31)/t20-,21-,22+/m0/s1. The number of anilines is 2. The minimum atomic E-state index is -0.688. The fraction of sp³-hybridized carbons (Fsp3) is 0.185. The highest BCUT2D eigenvalue weighted by Gasteiger charge is 2.57. The lowest BCUT2D eigenvalue weighted by Crippen LogP contribution is -2.32. The molecule has 2 aromatic carbocycles. The van der Waals surface area contributed by atoms with Crippen LogP contribution in [-0.2, 0) is 20.9 Å². The third-order valence-corrected chi connectivity index (χ3v) is 10.1. The number of aromatic nitrogens is 1. The molecule has 186 valence electrons. The van der Waals surface area contributed by atoms with E-state index in [2.05, 4.69) is 5.32 Å². The van der Waals surface area contributed by atoms with Gasteiger partial charge in [-0.3, -0.25) is 23.7 Å². The van der Waals surface area contributed by atoms with E-state index in [0.717, 1.165) is 26.7 Å². The molecule has 1 saturated heterocycles. The second-order valence-corrected chi connectivity index (χ2v) is 12.0. The molecule has 3 atom stereocenters. The molecule has 10 heteroatoms. The highest BCUT2D eigenvalue weighted by atomic mass is 32.2. The van der Waals surface area contributed by atoms with Crippen molar-refractivity contribution < 1.29 is 14.4 Å². The van der Waals surface area contributed by atoms with Gasteiger partial charge in [0.25, 0.3) is 0 Å². The summed E-state index contributed by atoms with van der Waals surface area (Å²) in [6.45, 7) is 1.76. The van der Waals surface area contributed by atoms with Gasteiger partial charge in [0.2, 0.25) is 17.7 Å². The van der Waals surface area contributed by atoms with Crippen LogP contribution in [0.25, 0.3) is 0 Å². The number of amides is 3. The molecule has 37 heavy (non-hydrogen) atoms. The number of hydrogen-bond acceptors (Lipinski definition) is 7. The maximum atomic E-state index is 13.7. The molecule has 2 aromatic heterocycles. The van der Waals surface area contributed by atoms with Gasteiger partial charge in [-0.2, -0.15) is 0 Å². The van der Waals surface area contributed by atoms with Crippen molar-refractivity contribution in [2.75, 3.05) is 10.2 Å². The first-order valence-electron chi connectivity index (χ1n) is 11.7. The molecule has 2 aliphatic heterocycles. The Morgan fingerprint density at radius 3 is 2.51 bits per heavy atom. The second kappa shape index (κ2) is 9.44. The average molecular weight is 548 g/mol. The number of aryl methyl sites for hydroxylation is 1. The van der Waals surface area contributed by atoms with Crippen LogP contribution in [0.5, 0.6) is 0 Å². The Labute approximate surface area is 224 Å². The van der Waals surface area contributed by atoms with Crippen molar-refractivity contribution in [1.82, 2.24) is 4.57 Å². The first kappa shape index (κ1) is 23.9. The molecule has 2 aliphatic rings. The molecule has 7 nitrogen and oxygen atoms in total. The molecule has 4 aromatic rings. The largest absolute Gasteiger partial charge is 0.325 e. The normalized spacial score (nSPS) is 20.6. The van der Waals surface area contributed by atoms with E-state index in [1.807, 2.05) is 48.7 Å². The van der Waals surface area contributed by atoms with E-state index in [4.69, 9.17) is 0 Å². The van der Waals surface area contributed by atoms with Crippen LogP contribution in [0.2, 0.25) is 0 Å². The fourth-order valence-electron chi connectivity index (χ4n) is 4.93.